The van der Waals surface area contributed by atoms with Crippen LogP contribution in [0.25, 0.3) is 22.0 Å². The maximum atomic E-state index is 13.7. The molecule has 6 nitrogen and oxygen atoms in total. The number of imidazole rings is 1. The molecule has 1 atom stereocenters. The number of hydrogen-bond donors (Lipinski definition) is 1. The summed E-state index contributed by atoms with van der Waals surface area (Å²) in [7, 11) is 0. The third kappa shape index (κ3) is 3.38. The first-order valence-electron chi connectivity index (χ1n) is 9.62. The number of amides is 1. The van der Waals surface area contributed by atoms with Gasteiger partial charge in [-0.1, -0.05) is 12.1 Å². The van der Waals surface area contributed by atoms with Gasteiger partial charge in [0.15, 0.2) is 5.76 Å². The molecule has 4 aromatic rings. The van der Waals surface area contributed by atoms with Crippen LogP contribution in [0.15, 0.2) is 46.9 Å². The molecule has 0 bridgehead atoms. The van der Waals surface area contributed by atoms with Gasteiger partial charge in [-0.05, 0) is 51.1 Å². The zero-order valence-electron chi connectivity index (χ0n) is 16.8. The van der Waals surface area contributed by atoms with Crippen LogP contribution >= 0.6 is 0 Å². The second kappa shape index (κ2) is 7.78. The Balaban J connectivity index is 1.65. The fourth-order valence-electron chi connectivity index (χ4n) is 3.57. The topological polar surface area (TPSA) is 69.3 Å². The number of aromatic nitrogens is 2. The number of halogens is 2. The maximum Gasteiger partial charge on any atom is 0.320 e. The SMILES string of the molecule is CCOc1ccc2oc(C(=O)NC(C)c3nc4ccccc4n3C(F)F)c(C)c2c1. The summed E-state index contributed by atoms with van der Waals surface area (Å²) < 4.78 is 39.5. The van der Waals surface area contributed by atoms with Gasteiger partial charge in [0.05, 0.1) is 23.7 Å². The molecule has 8 heteroatoms. The minimum Gasteiger partial charge on any atom is -0.494 e. The smallest absolute Gasteiger partial charge is 0.320 e. The van der Waals surface area contributed by atoms with Crippen LogP contribution in [0, 0.1) is 6.92 Å². The van der Waals surface area contributed by atoms with Gasteiger partial charge in [-0.2, -0.15) is 8.78 Å². The van der Waals surface area contributed by atoms with E-state index < -0.39 is 18.5 Å². The summed E-state index contributed by atoms with van der Waals surface area (Å²) in [4.78, 5) is 17.2. The largest absolute Gasteiger partial charge is 0.494 e. The molecule has 30 heavy (non-hydrogen) atoms. The number of para-hydroxylation sites is 2. The number of furan rings is 1. The molecule has 156 valence electrons. The lowest BCUT2D eigenvalue weighted by atomic mass is 10.1. The highest BCUT2D eigenvalue weighted by molar-refractivity contribution is 5.99. The van der Waals surface area contributed by atoms with E-state index in [0.717, 1.165) is 9.95 Å². The highest BCUT2D eigenvalue weighted by Gasteiger charge is 2.25. The van der Waals surface area contributed by atoms with Crippen molar-refractivity contribution in [1.29, 1.82) is 0 Å². The van der Waals surface area contributed by atoms with E-state index in [4.69, 9.17) is 9.15 Å². The van der Waals surface area contributed by atoms with E-state index in [1.165, 1.54) is 0 Å². The fourth-order valence-corrected chi connectivity index (χ4v) is 3.57. The predicted molar refractivity (Wildman–Crippen MR) is 109 cm³/mol. The third-order valence-corrected chi connectivity index (χ3v) is 4.98. The number of aryl methyl sites for hydroxylation is 1. The highest BCUT2D eigenvalue weighted by Crippen LogP contribution is 2.30. The molecule has 2 aromatic carbocycles. The Morgan fingerprint density at radius 2 is 2.03 bits per heavy atom. The fraction of sp³-hybridized carbons (Fsp3) is 0.273. The lowest BCUT2D eigenvalue weighted by Crippen LogP contribution is -2.29. The molecule has 1 amide bonds. The summed E-state index contributed by atoms with van der Waals surface area (Å²) in [5.41, 5.74) is 1.96. The lowest BCUT2D eigenvalue weighted by Gasteiger charge is -2.15. The third-order valence-electron chi connectivity index (χ3n) is 4.98. The number of nitrogens with one attached hydrogen (secondary N) is 1. The van der Waals surface area contributed by atoms with Gasteiger partial charge in [-0.3, -0.25) is 9.36 Å². The number of carbonyl (C=O) groups is 1. The Morgan fingerprint density at radius 3 is 2.77 bits per heavy atom. The molecule has 0 fully saturated rings. The van der Waals surface area contributed by atoms with Crippen LogP contribution < -0.4 is 10.1 Å². The van der Waals surface area contributed by atoms with Gasteiger partial charge in [-0.25, -0.2) is 4.98 Å². The van der Waals surface area contributed by atoms with Crippen LogP contribution in [-0.4, -0.2) is 22.1 Å². The van der Waals surface area contributed by atoms with E-state index in [0.29, 0.717) is 34.5 Å². The van der Waals surface area contributed by atoms with Crippen molar-refractivity contribution >= 4 is 27.9 Å². The molecule has 0 aliphatic carbocycles. The average molecular weight is 413 g/mol. The number of carbonyl (C=O) groups excluding carboxylic acids is 1. The minimum atomic E-state index is -2.78. The van der Waals surface area contributed by atoms with Crippen LogP contribution in [0.1, 0.15) is 48.4 Å². The number of fused-ring (bicyclic) bond motifs is 2. The first-order valence-corrected chi connectivity index (χ1v) is 9.62. The Kier molecular flexibility index (Phi) is 5.15. The van der Waals surface area contributed by atoms with Crippen molar-refractivity contribution in [3.63, 3.8) is 0 Å². The second-order valence-electron chi connectivity index (χ2n) is 6.95. The summed E-state index contributed by atoms with van der Waals surface area (Å²) in [6.07, 6.45) is 0. The molecule has 1 N–H and O–H groups in total. The van der Waals surface area contributed by atoms with E-state index >= 15 is 0 Å². The zero-order chi connectivity index (χ0) is 21.4. The Labute approximate surface area is 171 Å². The van der Waals surface area contributed by atoms with Gasteiger partial charge in [0, 0.05) is 10.9 Å². The quantitative estimate of drug-likeness (QED) is 0.461. The normalized spacial score (nSPS) is 12.6. The summed E-state index contributed by atoms with van der Waals surface area (Å²) in [6, 6.07) is 11.2. The molecule has 0 radical (unpaired) electrons. The van der Waals surface area contributed by atoms with Gasteiger partial charge in [0.1, 0.15) is 17.2 Å². The molecule has 0 aliphatic heterocycles. The van der Waals surface area contributed by atoms with Crippen molar-refractivity contribution in [2.24, 2.45) is 0 Å². The molecule has 0 saturated carbocycles. The van der Waals surface area contributed by atoms with Gasteiger partial charge >= 0.3 is 6.55 Å². The van der Waals surface area contributed by atoms with Gasteiger partial charge in [0.25, 0.3) is 5.91 Å². The zero-order valence-corrected chi connectivity index (χ0v) is 16.8. The van der Waals surface area contributed by atoms with Crippen LogP contribution in [0.5, 0.6) is 5.75 Å². The van der Waals surface area contributed by atoms with E-state index in [-0.39, 0.29) is 11.6 Å². The number of hydrogen-bond acceptors (Lipinski definition) is 4. The van der Waals surface area contributed by atoms with Crippen molar-refractivity contribution in [2.75, 3.05) is 6.61 Å². The number of nitrogens with zero attached hydrogens (tertiary/aromatic N) is 2. The molecule has 0 aliphatic rings. The van der Waals surface area contributed by atoms with E-state index in [1.54, 1.807) is 50.2 Å². The number of rotatable bonds is 6. The van der Waals surface area contributed by atoms with Crippen molar-refractivity contribution in [2.45, 2.75) is 33.4 Å². The molecule has 1 unspecified atom stereocenters. The number of alkyl halides is 2. The monoisotopic (exact) mass is 413 g/mol. The molecule has 2 heterocycles. The van der Waals surface area contributed by atoms with Gasteiger partial charge in [-0.15, -0.1) is 0 Å². The van der Waals surface area contributed by atoms with E-state index in [1.807, 2.05) is 13.0 Å². The van der Waals surface area contributed by atoms with Crippen LogP contribution in [0.4, 0.5) is 8.78 Å². The molecular formula is C22H21F2N3O3. The highest BCUT2D eigenvalue weighted by atomic mass is 19.3. The molecule has 2 aromatic heterocycles. The molecular weight excluding hydrogens is 392 g/mol. The summed E-state index contributed by atoms with van der Waals surface area (Å²) in [5.74, 6) is 0.388. The molecule has 0 saturated heterocycles. The van der Waals surface area contributed by atoms with Crippen molar-refractivity contribution in [1.82, 2.24) is 14.9 Å². The average Bonchev–Trinajstić information content (AvgIpc) is 3.27. The van der Waals surface area contributed by atoms with Gasteiger partial charge < -0.3 is 14.5 Å². The molecule has 4 rings (SSSR count). The van der Waals surface area contributed by atoms with E-state index in [2.05, 4.69) is 10.3 Å². The second-order valence-corrected chi connectivity index (χ2v) is 6.95. The Morgan fingerprint density at radius 1 is 1.27 bits per heavy atom. The van der Waals surface area contributed by atoms with Crippen LogP contribution in [-0.2, 0) is 0 Å². The van der Waals surface area contributed by atoms with Crippen LogP contribution in [0.2, 0.25) is 0 Å². The van der Waals surface area contributed by atoms with Crippen molar-refractivity contribution in [3.8, 4) is 5.75 Å². The maximum absolute atomic E-state index is 13.7. The lowest BCUT2D eigenvalue weighted by molar-refractivity contribution is 0.0686. The Hall–Kier alpha value is -3.42. The standard InChI is InChI=1S/C22H21F2N3O3/c1-4-29-14-9-10-18-15(11-14)12(2)19(30-18)21(28)25-13(3)20-26-16-7-5-6-8-17(16)27(20)22(23)24/h5-11,13,22H,4H2,1-3H3,(H,25,28). The van der Waals surface area contributed by atoms with E-state index in [9.17, 15) is 13.6 Å². The predicted octanol–water partition coefficient (Wildman–Crippen LogP) is 5.38. The van der Waals surface area contributed by atoms with Gasteiger partial charge in [0.2, 0.25) is 0 Å². The summed E-state index contributed by atoms with van der Waals surface area (Å²) in [5, 5.41) is 3.49. The van der Waals surface area contributed by atoms with Crippen molar-refractivity contribution < 1.29 is 22.7 Å². The summed E-state index contributed by atoms with van der Waals surface area (Å²) in [6.45, 7) is 3.02. The van der Waals surface area contributed by atoms with Crippen molar-refractivity contribution in [3.05, 3.63) is 59.6 Å². The first-order chi connectivity index (χ1) is 14.4. The number of ether oxygens (including phenoxy) is 1. The van der Waals surface area contributed by atoms with Crippen LogP contribution in [0.3, 0.4) is 0 Å². The number of benzene rings is 2. The Bertz CT molecular complexity index is 1230. The minimum absolute atomic E-state index is 0.0759. The summed E-state index contributed by atoms with van der Waals surface area (Å²) >= 11 is 0. The molecule has 0 spiro atoms. The first kappa shape index (κ1) is 19.9.